The minimum Gasteiger partial charge on any atom is -0.497 e. The van der Waals surface area contributed by atoms with E-state index in [0.717, 1.165) is 47.3 Å². The van der Waals surface area contributed by atoms with Crippen LogP contribution in [0.4, 0.5) is 5.69 Å². The van der Waals surface area contributed by atoms with Crippen LogP contribution < -0.4 is 15.2 Å². The number of hydrogen-bond donors (Lipinski definition) is 2. The van der Waals surface area contributed by atoms with Crippen molar-refractivity contribution in [3.63, 3.8) is 0 Å². The molecule has 2 aromatic carbocycles. The van der Waals surface area contributed by atoms with Gasteiger partial charge in [0.25, 0.3) is 0 Å². The smallest absolute Gasteiger partial charge is 0.240 e. The van der Waals surface area contributed by atoms with E-state index in [-0.39, 0.29) is 10.9 Å². The molecule has 0 saturated heterocycles. The molecule has 27 heavy (non-hydrogen) atoms. The zero-order valence-corrected chi connectivity index (χ0v) is 16.2. The van der Waals surface area contributed by atoms with Crippen LogP contribution in [-0.4, -0.2) is 26.1 Å². The van der Waals surface area contributed by atoms with E-state index in [0.29, 0.717) is 5.69 Å². The molecule has 0 atom stereocenters. The fraction of sp³-hybridized carbons (Fsp3) is 0.300. The predicted octanol–water partition coefficient (Wildman–Crippen LogP) is 3.36. The number of sulfonamides is 1. The Balaban J connectivity index is 1.78. The SMILES string of the molecule is CCn1c(-c2ccc(S(=O)(=O)NC3CC3)cc2)c(N)c2ccc(OC)cc21. The first-order valence-electron chi connectivity index (χ1n) is 9.03. The highest BCUT2D eigenvalue weighted by Crippen LogP contribution is 2.38. The molecule has 0 bridgehead atoms. The lowest BCUT2D eigenvalue weighted by Gasteiger charge is -2.11. The summed E-state index contributed by atoms with van der Waals surface area (Å²) in [6.07, 6.45) is 1.82. The van der Waals surface area contributed by atoms with Gasteiger partial charge in [-0.3, -0.25) is 0 Å². The number of ether oxygens (including phenoxy) is 1. The van der Waals surface area contributed by atoms with E-state index in [1.165, 1.54) is 0 Å². The Morgan fingerprint density at radius 3 is 2.48 bits per heavy atom. The molecule has 3 N–H and O–H groups in total. The van der Waals surface area contributed by atoms with Crippen molar-refractivity contribution in [1.29, 1.82) is 0 Å². The van der Waals surface area contributed by atoms with Crippen LogP contribution in [0, 0.1) is 0 Å². The van der Waals surface area contributed by atoms with Gasteiger partial charge < -0.3 is 15.0 Å². The number of benzene rings is 2. The standard InChI is InChI=1S/C20H23N3O3S/c1-3-23-18-12-15(26-2)8-11-17(18)19(21)20(23)13-4-9-16(10-5-13)27(24,25)22-14-6-7-14/h4-5,8-12,14,22H,3,6-7,21H2,1-2H3. The molecule has 1 aromatic heterocycles. The molecule has 6 nitrogen and oxygen atoms in total. The summed E-state index contributed by atoms with van der Waals surface area (Å²) < 4.78 is 34.9. The van der Waals surface area contributed by atoms with Crippen molar-refractivity contribution in [2.45, 2.75) is 37.2 Å². The summed E-state index contributed by atoms with van der Waals surface area (Å²) in [6, 6.07) is 12.8. The number of nitrogen functional groups attached to an aromatic ring is 1. The third-order valence-corrected chi connectivity index (χ3v) is 6.50. The van der Waals surface area contributed by atoms with Crippen LogP contribution in [0.3, 0.4) is 0 Å². The highest BCUT2D eigenvalue weighted by atomic mass is 32.2. The number of fused-ring (bicyclic) bond motifs is 1. The number of aryl methyl sites for hydroxylation is 1. The lowest BCUT2D eigenvalue weighted by atomic mass is 10.1. The zero-order valence-electron chi connectivity index (χ0n) is 15.4. The second kappa shape index (κ2) is 6.58. The van der Waals surface area contributed by atoms with Crippen LogP contribution in [0.15, 0.2) is 47.4 Å². The van der Waals surface area contributed by atoms with E-state index in [4.69, 9.17) is 10.5 Å². The molecule has 4 rings (SSSR count). The summed E-state index contributed by atoms with van der Waals surface area (Å²) in [7, 11) is -1.82. The topological polar surface area (TPSA) is 86.4 Å². The quantitative estimate of drug-likeness (QED) is 0.681. The van der Waals surface area contributed by atoms with E-state index >= 15 is 0 Å². The summed E-state index contributed by atoms with van der Waals surface area (Å²) in [5.74, 6) is 0.772. The molecule has 1 heterocycles. The normalized spacial score (nSPS) is 14.6. The predicted molar refractivity (Wildman–Crippen MR) is 107 cm³/mol. The zero-order chi connectivity index (χ0) is 19.2. The number of anilines is 1. The first kappa shape index (κ1) is 17.9. The lowest BCUT2D eigenvalue weighted by Crippen LogP contribution is -2.25. The molecule has 0 unspecified atom stereocenters. The third-order valence-electron chi connectivity index (χ3n) is 4.96. The van der Waals surface area contributed by atoms with Gasteiger partial charge in [0, 0.05) is 29.6 Å². The van der Waals surface area contributed by atoms with Gasteiger partial charge in [0.15, 0.2) is 0 Å². The Morgan fingerprint density at radius 1 is 1.19 bits per heavy atom. The molecule has 3 aromatic rings. The molecule has 0 spiro atoms. The van der Waals surface area contributed by atoms with Crippen LogP contribution in [0.2, 0.25) is 0 Å². The maximum absolute atomic E-state index is 12.4. The van der Waals surface area contributed by atoms with Gasteiger partial charge in [-0.05, 0) is 44.0 Å². The fourth-order valence-corrected chi connectivity index (χ4v) is 4.71. The molecule has 0 radical (unpaired) electrons. The summed E-state index contributed by atoms with van der Waals surface area (Å²) >= 11 is 0. The van der Waals surface area contributed by atoms with Crippen molar-refractivity contribution < 1.29 is 13.2 Å². The van der Waals surface area contributed by atoms with E-state index < -0.39 is 10.0 Å². The molecule has 7 heteroatoms. The van der Waals surface area contributed by atoms with Gasteiger partial charge in [-0.15, -0.1) is 0 Å². The van der Waals surface area contributed by atoms with Crippen molar-refractivity contribution in [2.75, 3.05) is 12.8 Å². The van der Waals surface area contributed by atoms with Crippen molar-refractivity contribution in [1.82, 2.24) is 9.29 Å². The highest BCUT2D eigenvalue weighted by molar-refractivity contribution is 7.89. The average molecular weight is 385 g/mol. The van der Waals surface area contributed by atoms with Crippen LogP contribution in [0.5, 0.6) is 5.75 Å². The summed E-state index contributed by atoms with van der Waals surface area (Å²) in [6.45, 7) is 2.79. The van der Waals surface area contributed by atoms with Crippen LogP contribution in [0.25, 0.3) is 22.2 Å². The second-order valence-electron chi connectivity index (χ2n) is 6.81. The van der Waals surface area contributed by atoms with Gasteiger partial charge in [0.2, 0.25) is 10.0 Å². The summed E-state index contributed by atoms with van der Waals surface area (Å²) in [5.41, 5.74) is 9.90. The maximum atomic E-state index is 12.4. The molecular weight excluding hydrogens is 362 g/mol. The highest BCUT2D eigenvalue weighted by Gasteiger charge is 2.28. The van der Waals surface area contributed by atoms with Crippen LogP contribution >= 0.6 is 0 Å². The minimum atomic E-state index is -3.46. The van der Waals surface area contributed by atoms with Gasteiger partial charge in [0.1, 0.15) is 5.75 Å². The minimum absolute atomic E-state index is 0.0860. The largest absolute Gasteiger partial charge is 0.497 e. The Bertz CT molecular complexity index is 1100. The number of nitrogens with two attached hydrogens (primary N) is 1. The Labute approximate surface area is 159 Å². The molecule has 0 aliphatic heterocycles. The lowest BCUT2D eigenvalue weighted by molar-refractivity contribution is 0.415. The maximum Gasteiger partial charge on any atom is 0.240 e. The molecule has 1 saturated carbocycles. The van der Waals surface area contributed by atoms with E-state index in [1.54, 1.807) is 19.2 Å². The number of nitrogens with zero attached hydrogens (tertiary/aromatic N) is 1. The number of aromatic nitrogens is 1. The van der Waals surface area contributed by atoms with Crippen LogP contribution in [-0.2, 0) is 16.6 Å². The molecule has 1 aliphatic carbocycles. The number of nitrogens with one attached hydrogen (secondary N) is 1. The third kappa shape index (κ3) is 3.17. The first-order chi connectivity index (χ1) is 12.9. The van der Waals surface area contributed by atoms with Gasteiger partial charge in [-0.2, -0.15) is 0 Å². The van der Waals surface area contributed by atoms with Crippen molar-refractivity contribution in [3.05, 3.63) is 42.5 Å². The van der Waals surface area contributed by atoms with Crippen molar-refractivity contribution in [2.24, 2.45) is 0 Å². The molecule has 1 aliphatic rings. The van der Waals surface area contributed by atoms with Crippen molar-refractivity contribution in [3.8, 4) is 17.0 Å². The second-order valence-corrected chi connectivity index (χ2v) is 8.52. The molecule has 142 valence electrons. The average Bonchev–Trinajstić information content (AvgIpc) is 3.43. The summed E-state index contributed by atoms with van der Waals surface area (Å²) in [4.78, 5) is 0.276. The van der Waals surface area contributed by atoms with E-state index in [9.17, 15) is 8.42 Å². The van der Waals surface area contributed by atoms with E-state index in [1.807, 2.05) is 30.3 Å². The van der Waals surface area contributed by atoms with Gasteiger partial charge in [-0.1, -0.05) is 12.1 Å². The monoisotopic (exact) mass is 385 g/mol. The van der Waals surface area contributed by atoms with Gasteiger partial charge in [-0.25, -0.2) is 13.1 Å². The molecular formula is C20H23N3O3S. The number of rotatable bonds is 6. The number of hydrogen-bond acceptors (Lipinski definition) is 4. The van der Waals surface area contributed by atoms with E-state index in [2.05, 4.69) is 16.2 Å². The van der Waals surface area contributed by atoms with Crippen molar-refractivity contribution >= 4 is 26.6 Å². The van der Waals surface area contributed by atoms with Crippen LogP contribution in [0.1, 0.15) is 19.8 Å². The fourth-order valence-electron chi connectivity index (χ4n) is 3.40. The molecule has 0 amide bonds. The first-order valence-corrected chi connectivity index (χ1v) is 10.5. The van der Waals surface area contributed by atoms with Gasteiger partial charge >= 0.3 is 0 Å². The Kier molecular flexibility index (Phi) is 4.36. The number of methoxy groups -OCH3 is 1. The van der Waals surface area contributed by atoms with Gasteiger partial charge in [0.05, 0.1) is 28.9 Å². The Hall–Kier alpha value is -2.51. The Morgan fingerprint density at radius 2 is 1.89 bits per heavy atom. The molecule has 1 fully saturated rings. The summed E-state index contributed by atoms with van der Waals surface area (Å²) in [5, 5.41) is 0.958.